The molecule has 3 rings (SSSR count). The first-order chi connectivity index (χ1) is 13.3. The number of halogens is 4. The van der Waals surface area contributed by atoms with E-state index in [1.54, 1.807) is 0 Å². The number of aliphatic hydroxyl groups is 1. The molecule has 0 bridgehead atoms. The maximum absolute atomic E-state index is 12.6. The molecule has 0 aliphatic carbocycles. The number of hydrogen-bond donors (Lipinski definition) is 2. The van der Waals surface area contributed by atoms with Gasteiger partial charge in [0, 0.05) is 16.8 Å². The standard InChI is InChI=1S/C17H12ClF3N4O3/c18-11-4-1-9(2-5-11)15(27)23-13(8-26)16-24-14(25-28-16)12-6-3-10(7-22-12)17(19,20)21/h1-7,13,26H,8H2,(H,23,27)/t13-/m0/s1. The Balaban J connectivity index is 1.75. The van der Waals surface area contributed by atoms with E-state index < -0.39 is 30.3 Å². The Bertz CT molecular complexity index is 959. The van der Waals surface area contributed by atoms with Crippen molar-refractivity contribution in [3.63, 3.8) is 0 Å². The lowest BCUT2D eigenvalue weighted by Gasteiger charge is -2.12. The molecule has 1 amide bonds. The number of hydrogen-bond acceptors (Lipinski definition) is 6. The first-order valence-electron chi connectivity index (χ1n) is 7.82. The van der Waals surface area contributed by atoms with Crippen LogP contribution in [-0.4, -0.2) is 32.7 Å². The number of rotatable bonds is 5. The Labute approximate surface area is 161 Å². The summed E-state index contributed by atoms with van der Waals surface area (Å²) in [4.78, 5) is 19.9. The summed E-state index contributed by atoms with van der Waals surface area (Å²) in [5.74, 6) is -0.715. The first kappa shape index (κ1) is 19.8. The molecule has 0 saturated carbocycles. The van der Waals surface area contributed by atoms with E-state index in [0.717, 1.165) is 12.1 Å². The fourth-order valence-corrected chi connectivity index (χ4v) is 2.33. The van der Waals surface area contributed by atoms with E-state index in [-0.39, 0.29) is 17.4 Å². The summed E-state index contributed by atoms with van der Waals surface area (Å²) in [7, 11) is 0. The van der Waals surface area contributed by atoms with Crippen molar-refractivity contribution < 1.29 is 27.6 Å². The van der Waals surface area contributed by atoms with Crippen molar-refractivity contribution in [2.45, 2.75) is 12.2 Å². The van der Waals surface area contributed by atoms with Crippen LogP contribution in [0.25, 0.3) is 11.5 Å². The maximum Gasteiger partial charge on any atom is 0.417 e. The normalized spacial score (nSPS) is 12.6. The lowest BCUT2D eigenvalue weighted by Crippen LogP contribution is -2.31. The number of nitrogens with one attached hydrogen (secondary N) is 1. The molecule has 0 aliphatic heterocycles. The van der Waals surface area contributed by atoms with Crippen molar-refractivity contribution in [2.75, 3.05) is 6.61 Å². The van der Waals surface area contributed by atoms with E-state index in [4.69, 9.17) is 16.1 Å². The van der Waals surface area contributed by atoms with Gasteiger partial charge in [-0.25, -0.2) is 0 Å². The number of carbonyl (C=O) groups is 1. The van der Waals surface area contributed by atoms with Crippen LogP contribution in [0, 0.1) is 0 Å². The summed E-state index contributed by atoms with van der Waals surface area (Å²) < 4.78 is 42.8. The zero-order chi connectivity index (χ0) is 20.3. The van der Waals surface area contributed by atoms with Gasteiger partial charge in [-0.15, -0.1) is 0 Å². The van der Waals surface area contributed by atoms with E-state index in [2.05, 4.69) is 20.4 Å². The summed E-state index contributed by atoms with van der Waals surface area (Å²) in [6, 6.07) is 6.98. The molecule has 0 fully saturated rings. The minimum absolute atomic E-state index is 0.0451. The fourth-order valence-electron chi connectivity index (χ4n) is 2.20. The van der Waals surface area contributed by atoms with E-state index >= 15 is 0 Å². The molecule has 2 N–H and O–H groups in total. The number of amides is 1. The molecule has 3 aromatic rings. The molecule has 28 heavy (non-hydrogen) atoms. The highest BCUT2D eigenvalue weighted by Crippen LogP contribution is 2.29. The average Bonchev–Trinajstić information content (AvgIpc) is 3.16. The molecule has 7 nitrogen and oxygen atoms in total. The van der Waals surface area contributed by atoms with Crippen molar-refractivity contribution in [3.05, 3.63) is 64.6 Å². The van der Waals surface area contributed by atoms with E-state index in [1.165, 1.54) is 24.3 Å². The van der Waals surface area contributed by atoms with Crippen LogP contribution in [0.3, 0.4) is 0 Å². The Kier molecular flexibility index (Phi) is 5.61. The molecule has 1 aromatic carbocycles. The molecule has 146 valence electrons. The van der Waals surface area contributed by atoms with Crippen LogP contribution >= 0.6 is 11.6 Å². The molecular formula is C17H12ClF3N4O3. The topological polar surface area (TPSA) is 101 Å². The van der Waals surface area contributed by atoms with Gasteiger partial charge in [0.05, 0.1) is 12.2 Å². The van der Waals surface area contributed by atoms with Crippen LogP contribution in [0.2, 0.25) is 5.02 Å². The Hall–Kier alpha value is -2.98. The highest BCUT2D eigenvalue weighted by Gasteiger charge is 2.31. The molecule has 0 spiro atoms. The highest BCUT2D eigenvalue weighted by atomic mass is 35.5. The number of nitrogens with zero attached hydrogens (tertiary/aromatic N) is 3. The number of pyridine rings is 1. The molecule has 0 aliphatic rings. The predicted octanol–water partition coefficient (Wildman–Crippen LogP) is 3.27. The molecule has 2 aromatic heterocycles. The fraction of sp³-hybridized carbons (Fsp3) is 0.176. The van der Waals surface area contributed by atoms with Crippen molar-refractivity contribution in [2.24, 2.45) is 0 Å². The lowest BCUT2D eigenvalue weighted by atomic mass is 10.2. The summed E-state index contributed by atoms with van der Waals surface area (Å²) in [6.07, 6.45) is -3.86. The van der Waals surface area contributed by atoms with Crippen molar-refractivity contribution >= 4 is 17.5 Å². The van der Waals surface area contributed by atoms with E-state index in [9.17, 15) is 23.1 Å². The number of aromatic nitrogens is 3. The monoisotopic (exact) mass is 412 g/mol. The van der Waals surface area contributed by atoms with Gasteiger partial charge in [-0.1, -0.05) is 16.8 Å². The molecular weight excluding hydrogens is 401 g/mol. The third-order valence-electron chi connectivity index (χ3n) is 3.65. The summed E-state index contributed by atoms with van der Waals surface area (Å²) >= 11 is 5.77. The van der Waals surface area contributed by atoms with Gasteiger partial charge in [-0.05, 0) is 36.4 Å². The van der Waals surface area contributed by atoms with Crippen molar-refractivity contribution in [1.82, 2.24) is 20.4 Å². The minimum atomic E-state index is -4.51. The SMILES string of the molecule is O=C(N[C@@H](CO)c1nc(-c2ccc(C(F)(F)F)cn2)no1)c1ccc(Cl)cc1. The van der Waals surface area contributed by atoms with Crippen LogP contribution in [0.15, 0.2) is 47.1 Å². The first-order valence-corrected chi connectivity index (χ1v) is 8.20. The van der Waals surface area contributed by atoms with Crippen LogP contribution in [-0.2, 0) is 6.18 Å². The molecule has 0 radical (unpaired) electrons. The van der Waals surface area contributed by atoms with Crippen LogP contribution in [0.5, 0.6) is 0 Å². The number of carbonyl (C=O) groups excluding carboxylic acids is 1. The van der Waals surface area contributed by atoms with E-state index in [1.807, 2.05) is 0 Å². The third-order valence-corrected chi connectivity index (χ3v) is 3.91. The maximum atomic E-state index is 12.6. The van der Waals surface area contributed by atoms with Crippen molar-refractivity contribution in [1.29, 1.82) is 0 Å². The van der Waals surface area contributed by atoms with Gasteiger partial charge in [0.25, 0.3) is 11.8 Å². The largest absolute Gasteiger partial charge is 0.417 e. The quantitative estimate of drug-likeness (QED) is 0.667. The number of benzene rings is 1. The van der Waals surface area contributed by atoms with Gasteiger partial charge < -0.3 is 14.9 Å². The Morgan fingerprint density at radius 2 is 1.93 bits per heavy atom. The second-order valence-corrected chi connectivity index (χ2v) is 6.04. The van der Waals surface area contributed by atoms with Gasteiger partial charge in [-0.2, -0.15) is 18.2 Å². The highest BCUT2D eigenvalue weighted by molar-refractivity contribution is 6.30. The molecule has 11 heteroatoms. The summed E-state index contributed by atoms with van der Waals surface area (Å²) in [5, 5.41) is 16.1. The van der Waals surface area contributed by atoms with Crippen LogP contribution in [0.1, 0.15) is 27.9 Å². The third kappa shape index (κ3) is 4.46. The minimum Gasteiger partial charge on any atom is -0.394 e. The summed E-state index contributed by atoms with van der Waals surface area (Å²) in [6.45, 7) is -0.540. The average molecular weight is 413 g/mol. The second kappa shape index (κ2) is 7.95. The van der Waals surface area contributed by atoms with Gasteiger partial charge in [0.1, 0.15) is 11.7 Å². The van der Waals surface area contributed by atoms with Gasteiger partial charge in [0.15, 0.2) is 0 Å². The number of alkyl halides is 3. The Morgan fingerprint density at radius 1 is 1.21 bits per heavy atom. The zero-order valence-corrected chi connectivity index (χ0v) is 14.7. The predicted molar refractivity (Wildman–Crippen MR) is 91.3 cm³/mol. The molecule has 0 saturated heterocycles. The smallest absolute Gasteiger partial charge is 0.394 e. The van der Waals surface area contributed by atoms with Crippen molar-refractivity contribution in [3.8, 4) is 11.5 Å². The van der Waals surface area contributed by atoms with Gasteiger partial charge in [0.2, 0.25) is 5.82 Å². The lowest BCUT2D eigenvalue weighted by molar-refractivity contribution is -0.137. The zero-order valence-electron chi connectivity index (χ0n) is 13.9. The number of aliphatic hydroxyl groups excluding tert-OH is 1. The molecule has 1 atom stereocenters. The van der Waals surface area contributed by atoms with Gasteiger partial charge in [-0.3, -0.25) is 9.78 Å². The van der Waals surface area contributed by atoms with Crippen LogP contribution in [0.4, 0.5) is 13.2 Å². The second-order valence-electron chi connectivity index (χ2n) is 5.60. The summed E-state index contributed by atoms with van der Waals surface area (Å²) in [5.41, 5.74) is -0.570. The Morgan fingerprint density at radius 3 is 2.50 bits per heavy atom. The van der Waals surface area contributed by atoms with Crippen LogP contribution < -0.4 is 5.32 Å². The van der Waals surface area contributed by atoms with Gasteiger partial charge >= 0.3 is 6.18 Å². The molecule has 2 heterocycles. The molecule has 0 unspecified atom stereocenters. The van der Waals surface area contributed by atoms with E-state index in [0.29, 0.717) is 16.8 Å².